The van der Waals surface area contributed by atoms with Crippen LogP contribution in [0.4, 0.5) is 9.59 Å². The standard InChI is InChI=1S/C17H20N4O7/c1-6-10(18)13(23)9-7(5-28-15(19)24)17(27-3)14-8(21(14)16(25)26-2)4-20(17)11(9)12(6)22/h7-8,14H,4-5,18H2,1-3H3,(H2,19,24)/t7-,8+,14-,17-,21?/m1/s1. The number of fused-ring (bicyclic) bond motifs is 4. The third-order valence-electron chi connectivity index (χ3n) is 6.07. The Balaban J connectivity index is 1.82. The van der Waals surface area contributed by atoms with Gasteiger partial charge in [-0.15, -0.1) is 0 Å². The number of hydrogen-bond donors (Lipinski definition) is 2. The van der Waals surface area contributed by atoms with Gasteiger partial charge in [-0.05, 0) is 6.92 Å². The Hall–Kier alpha value is -3.08. The molecule has 0 spiro atoms. The van der Waals surface area contributed by atoms with Gasteiger partial charge in [-0.2, -0.15) is 0 Å². The van der Waals surface area contributed by atoms with Crippen LogP contribution in [0.25, 0.3) is 0 Å². The summed E-state index contributed by atoms with van der Waals surface area (Å²) < 4.78 is 15.6. The molecular weight excluding hydrogens is 372 g/mol. The Morgan fingerprint density at radius 2 is 1.93 bits per heavy atom. The lowest BCUT2D eigenvalue weighted by Gasteiger charge is -2.40. The van der Waals surface area contributed by atoms with Crippen molar-refractivity contribution in [1.82, 2.24) is 9.80 Å². The van der Waals surface area contributed by atoms with E-state index in [2.05, 4.69) is 0 Å². The Bertz CT molecular complexity index is 894. The maximum absolute atomic E-state index is 13.0. The molecule has 3 aliphatic heterocycles. The Labute approximate surface area is 159 Å². The smallest absolute Gasteiger partial charge is 0.410 e. The van der Waals surface area contributed by atoms with Crippen LogP contribution >= 0.6 is 0 Å². The minimum absolute atomic E-state index is 0.117. The average Bonchev–Trinajstić information content (AvgIpc) is 3.17. The van der Waals surface area contributed by atoms with Crippen molar-refractivity contribution in [3.63, 3.8) is 0 Å². The lowest BCUT2D eigenvalue weighted by atomic mass is 9.82. The van der Waals surface area contributed by atoms with Crippen molar-refractivity contribution in [3.05, 3.63) is 22.5 Å². The van der Waals surface area contributed by atoms with E-state index in [9.17, 15) is 19.2 Å². The lowest BCUT2D eigenvalue weighted by Crippen LogP contribution is -2.56. The number of nitrogens with zero attached hydrogens (tertiary/aromatic N) is 2. The molecule has 1 aliphatic carbocycles. The first-order valence-electron chi connectivity index (χ1n) is 8.63. The number of piperazine rings is 1. The van der Waals surface area contributed by atoms with Gasteiger partial charge >= 0.3 is 12.2 Å². The molecule has 4 N–H and O–H groups in total. The number of carbonyl (C=O) groups is 4. The summed E-state index contributed by atoms with van der Waals surface area (Å²) in [6, 6.07) is -0.747. The van der Waals surface area contributed by atoms with Gasteiger partial charge in [-0.1, -0.05) is 0 Å². The molecule has 4 atom stereocenters. The van der Waals surface area contributed by atoms with E-state index >= 15 is 0 Å². The number of Topliss-reactive ketones (excluding diaryl/α,β-unsaturated/α-hetero) is 2. The molecular formula is C17H20N4O7. The molecule has 0 aromatic carbocycles. The number of methoxy groups -OCH3 is 2. The van der Waals surface area contributed by atoms with Crippen LogP contribution in [-0.4, -0.2) is 78.7 Å². The number of carbonyl (C=O) groups excluding carboxylic acids is 4. The highest BCUT2D eigenvalue weighted by Crippen LogP contribution is 2.59. The van der Waals surface area contributed by atoms with Crippen molar-refractivity contribution in [2.24, 2.45) is 17.4 Å². The average molecular weight is 392 g/mol. The summed E-state index contributed by atoms with van der Waals surface area (Å²) in [6.07, 6.45) is -1.58. The molecule has 11 heteroatoms. The second kappa shape index (κ2) is 5.71. The molecule has 0 radical (unpaired) electrons. The molecule has 0 unspecified atom stereocenters. The number of allylic oxidation sites excluding steroid dienone is 2. The molecule has 0 bridgehead atoms. The summed E-state index contributed by atoms with van der Waals surface area (Å²) in [6.45, 7) is 1.45. The number of amides is 2. The SMILES string of the molecule is COC(=O)N1[C@H]2CN3C4=C(C(=O)C(N)=C(C)C4=O)[C@@H](COC(N)=O)[C@@]3(OC)[C@@H]21. The Kier molecular flexibility index (Phi) is 3.73. The summed E-state index contributed by atoms with van der Waals surface area (Å²) >= 11 is 0. The summed E-state index contributed by atoms with van der Waals surface area (Å²) in [4.78, 5) is 52.4. The van der Waals surface area contributed by atoms with E-state index in [-0.39, 0.29) is 47.5 Å². The van der Waals surface area contributed by atoms with Crippen LogP contribution in [0.1, 0.15) is 6.92 Å². The molecule has 3 heterocycles. The topological polar surface area (TPSA) is 154 Å². The first kappa shape index (κ1) is 18.3. The van der Waals surface area contributed by atoms with E-state index in [0.717, 1.165) is 0 Å². The van der Waals surface area contributed by atoms with Crippen LogP contribution in [0.5, 0.6) is 0 Å². The predicted molar refractivity (Wildman–Crippen MR) is 91.2 cm³/mol. The number of primary amides is 1. The zero-order valence-corrected chi connectivity index (χ0v) is 15.6. The minimum Gasteiger partial charge on any atom is -0.453 e. The highest BCUT2D eigenvalue weighted by atomic mass is 16.6. The summed E-state index contributed by atoms with van der Waals surface area (Å²) in [5, 5.41) is 0. The first-order valence-corrected chi connectivity index (χ1v) is 8.63. The van der Waals surface area contributed by atoms with Gasteiger partial charge in [0.2, 0.25) is 11.6 Å². The molecule has 2 fully saturated rings. The zero-order chi connectivity index (χ0) is 20.5. The molecule has 0 saturated carbocycles. The molecule has 150 valence electrons. The van der Waals surface area contributed by atoms with Gasteiger partial charge in [0, 0.05) is 24.8 Å². The van der Waals surface area contributed by atoms with Crippen molar-refractivity contribution in [2.75, 3.05) is 27.4 Å². The normalized spacial score (nSPS) is 33.0. The van der Waals surface area contributed by atoms with Gasteiger partial charge in [0.1, 0.15) is 12.6 Å². The van der Waals surface area contributed by atoms with Crippen LogP contribution in [0.15, 0.2) is 22.5 Å². The van der Waals surface area contributed by atoms with E-state index in [0.29, 0.717) is 0 Å². The van der Waals surface area contributed by atoms with Crippen molar-refractivity contribution in [1.29, 1.82) is 0 Å². The van der Waals surface area contributed by atoms with E-state index in [1.807, 2.05) is 0 Å². The second-order valence-electron chi connectivity index (χ2n) is 7.10. The van der Waals surface area contributed by atoms with Crippen LogP contribution in [0.3, 0.4) is 0 Å². The second-order valence-corrected chi connectivity index (χ2v) is 7.10. The van der Waals surface area contributed by atoms with Crippen LogP contribution < -0.4 is 11.5 Å². The highest BCUT2D eigenvalue weighted by Gasteiger charge is 2.78. The lowest BCUT2D eigenvalue weighted by molar-refractivity contribution is -0.144. The van der Waals surface area contributed by atoms with E-state index in [1.54, 1.807) is 4.90 Å². The number of rotatable bonds is 3. The van der Waals surface area contributed by atoms with Crippen molar-refractivity contribution >= 4 is 23.8 Å². The van der Waals surface area contributed by atoms with E-state index in [1.165, 1.54) is 26.0 Å². The number of nitrogens with two attached hydrogens (primary N) is 2. The summed E-state index contributed by atoms with van der Waals surface area (Å²) in [7, 11) is 2.68. The van der Waals surface area contributed by atoms with Gasteiger partial charge < -0.3 is 30.6 Å². The fourth-order valence-corrected chi connectivity index (χ4v) is 4.83. The summed E-state index contributed by atoms with van der Waals surface area (Å²) in [5.74, 6) is -1.76. The molecule has 4 rings (SSSR count). The van der Waals surface area contributed by atoms with Crippen molar-refractivity contribution < 1.29 is 33.4 Å². The van der Waals surface area contributed by atoms with Crippen LogP contribution in [0.2, 0.25) is 0 Å². The van der Waals surface area contributed by atoms with E-state index in [4.69, 9.17) is 25.7 Å². The fourth-order valence-electron chi connectivity index (χ4n) is 4.83. The van der Waals surface area contributed by atoms with Gasteiger partial charge in [0.05, 0.1) is 30.5 Å². The zero-order valence-electron chi connectivity index (χ0n) is 15.6. The number of hydrogen-bond acceptors (Lipinski definition) is 9. The van der Waals surface area contributed by atoms with E-state index < -0.39 is 35.7 Å². The van der Waals surface area contributed by atoms with Gasteiger partial charge in [-0.3, -0.25) is 14.5 Å². The Morgan fingerprint density at radius 3 is 2.50 bits per heavy atom. The van der Waals surface area contributed by atoms with Crippen molar-refractivity contribution in [2.45, 2.75) is 24.7 Å². The molecule has 2 saturated heterocycles. The predicted octanol–water partition coefficient (Wildman–Crippen LogP) is -1.17. The Morgan fingerprint density at radius 1 is 1.25 bits per heavy atom. The van der Waals surface area contributed by atoms with Gasteiger partial charge in [-0.25, -0.2) is 9.59 Å². The number of ether oxygens (including phenoxy) is 3. The van der Waals surface area contributed by atoms with Crippen LogP contribution in [-0.2, 0) is 23.8 Å². The monoisotopic (exact) mass is 392 g/mol. The molecule has 2 amide bonds. The molecule has 28 heavy (non-hydrogen) atoms. The molecule has 4 aliphatic rings. The van der Waals surface area contributed by atoms with Crippen molar-refractivity contribution in [3.8, 4) is 0 Å². The van der Waals surface area contributed by atoms with Gasteiger partial charge in [0.25, 0.3) is 0 Å². The first-order chi connectivity index (χ1) is 13.2. The van der Waals surface area contributed by atoms with Crippen LogP contribution in [0, 0.1) is 5.92 Å². The maximum Gasteiger partial charge on any atom is 0.410 e. The largest absolute Gasteiger partial charge is 0.453 e. The molecule has 0 aromatic heterocycles. The fraction of sp³-hybridized carbons (Fsp3) is 0.529. The van der Waals surface area contributed by atoms with Gasteiger partial charge in [0.15, 0.2) is 5.72 Å². The number of ketones is 2. The quantitative estimate of drug-likeness (QED) is 0.446. The molecule has 11 nitrogen and oxygen atoms in total. The third-order valence-corrected chi connectivity index (χ3v) is 6.07. The molecule has 0 aromatic rings. The summed E-state index contributed by atoms with van der Waals surface area (Å²) in [5.41, 5.74) is 9.99. The maximum atomic E-state index is 13.0. The minimum atomic E-state index is -1.27. The third kappa shape index (κ3) is 1.96. The highest BCUT2D eigenvalue weighted by molar-refractivity contribution is 6.25.